The largest absolute Gasteiger partial charge is 0.352 e. The van der Waals surface area contributed by atoms with Gasteiger partial charge < -0.3 is 10.6 Å². The van der Waals surface area contributed by atoms with E-state index < -0.39 is 11.7 Å². The maximum absolute atomic E-state index is 14.2. The summed E-state index contributed by atoms with van der Waals surface area (Å²) in [7, 11) is 0. The van der Waals surface area contributed by atoms with Crippen molar-refractivity contribution in [2.45, 2.75) is 20.3 Å². The molecule has 154 valence electrons. The molecule has 0 aliphatic rings. The zero-order valence-corrected chi connectivity index (χ0v) is 17.0. The summed E-state index contributed by atoms with van der Waals surface area (Å²) in [5, 5.41) is 5.49. The third kappa shape index (κ3) is 5.50. The average Bonchev–Trinajstić information content (AvgIpc) is 2.75. The van der Waals surface area contributed by atoms with Crippen molar-refractivity contribution >= 4 is 17.6 Å². The van der Waals surface area contributed by atoms with Crippen molar-refractivity contribution in [2.75, 3.05) is 11.9 Å². The molecule has 0 aliphatic heterocycles. The fourth-order valence-corrected chi connectivity index (χ4v) is 2.87. The standard InChI is InChI=1S/C24H24FN3O2/c1-16(2)12-13-26-24(30)20-14-18(8-10-21(20)25)19-9-11-22(27-15-19)28-23(29)17-6-4-3-5-7-17/h3-11,14-16H,12-13H2,1-2H3,(H,26,30)(H,27,28,29). The minimum atomic E-state index is -0.569. The molecule has 0 saturated heterocycles. The Hall–Kier alpha value is -3.54. The van der Waals surface area contributed by atoms with Gasteiger partial charge in [-0.15, -0.1) is 0 Å². The molecule has 0 radical (unpaired) electrons. The van der Waals surface area contributed by atoms with Crippen LogP contribution in [0, 0.1) is 11.7 Å². The van der Waals surface area contributed by atoms with Crippen LogP contribution in [-0.2, 0) is 0 Å². The Morgan fingerprint density at radius 2 is 1.70 bits per heavy atom. The van der Waals surface area contributed by atoms with Crippen LogP contribution in [0.5, 0.6) is 0 Å². The van der Waals surface area contributed by atoms with Crippen LogP contribution in [0.1, 0.15) is 41.0 Å². The summed E-state index contributed by atoms with van der Waals surface area (Å²) < 4.78 is 14.2. The summed E-state index contributed by atoms with van der Waals surface area (Å²) >= 11 is 0. The number of carbonyl (C=O) groups excluding carboxylic acids is 2. The lowest BCUT2D eigenvalue weighted by atomic mass is 10.0. The van der Waals surface area contributed by atoms with Crippen LogP contribution in [-0.4, -0.2) is 23.3 Å². The highest BCUT2D eigenvalue weighted by molar-refractivity contribution is 6.03. The van der Waals surface area contributed by atoms with E-state index in [0.717, 1.165) is 6.42 Å². The molecule has 1 aromatic heterocycles. The molecule has 2 amide bonds. The Kier molecular flexibility index (Phi) is 6.91. The zero-order valence-electron chi connectivity index (χ0n) is 17.0. The molecule has 0 fully saturated rings. The van der Waals surface area contributed by atoms with Crippen molar-refractivity contribution in [3.63, 3.8) is 0 Å². The number of nitrogens with one attached hydrogen (secondary N) is 2. The minimum Gasteiger partial charge on any atom is -0.352 e. The van der Waals surface area contributed by atoms with Crippen LogP contribution in [0.4, 0.5) is 10.2 Å². The Balaban J connectivity index is 1.71. The summed E-state index contributed by atoms with van der Waals surface area (Å²) in [4.78, 5) is 28.8. The van der Waals surface area contributed by atoms with Gasteiger partial charge in [0.15, 0.2) is 0 Å². The molecule has 2 aromatic carbocycles. The van der Waals surface area contributed by atoms with Crippen LogP contribution in [0.3, 0.4) is 0 Å². The number of nitrogens with zero attached hydrogens (tertiary/aromatic N) is 1. The zero-order chi connectivity index (χ0) is 21.5. The lowest BCUT2D eigenvalue weighted by Crippen LogP contribution is -2.26. The Labute approximate surface area is 175 Å². The molecule has 3 rings (SSSR count). The first-order valence-corrected chi connectivity index (χ1v) is 9.84. The molecule has 0 saturated carbocycles. The number of pyridine rings is 1. The van der Waals surface area contributed by atoms with E-state index in [-0.39, 0.29) is 11.5 Å². The second kappa shape index (κ2) is 9.78. The van der Waals surface area contributed by atoms with E-state index in [1.807, 2.05) is 6.07 Å². The molecular formula is C24H24FN3O2. The highest BCUT2D eigenvalue weighted by Crippen LogP contribution is 2.23. The summed E-state index contributed by atoms with van der Waals surface area (Å²) in [6, 6.07) is 16.7. The van der Waals surface area contributed by atoms with Gasteiger partial charge in [0.1, 0.15) is 11.6 Å². The molecule has 30 heavy (non-hydrogen) atoms. The van der Waals surface area contributed by atoms with Gasteiger partial charge in [0.25, 0.3) is 11.8 Å². The highest BCUT2D eigenvalue weighted by atomic mass is 19.1. The van der Waals surface area contributed by atoms with Crippen molar-refractivity contribution in [3.8, 4) is 11.1 Å². The molecule has 0 bridgehead atoms. The van der Waals surface area contributed by atoms with E-state index in [4.69, 9.17) is 0 Å². The maximum atomic E-state index is 14.2. The van der Waals surface area contributed by atoms with Gasteiger partial charge >= 0.3 is 0 Å². The number of halogens is 1. The fraction of sp³-hybridized carbons (Fsp3) is 0.208. The van der Waals surface area contributed by atoms with Gasteiger partial charge in [-0.3, -0.25) is 9.59 Å². The predicted octanol–water partition coefficient (Wildman–Crippen LogP) is 4.92. The number of hydrogen-bond donors (Lipinski definition) is 2. The number of benzene rings is 2. The predicted molar refractivity (Wildman–Crippen MR) is 116 cm³/mol. The summed E-state index contributed by atoms with van der Waals surface area (Å²) in [5.74, 6) is -0.400. The minimum absolute atomic E-state index is 0.00212. The van der Waals surface area contributed by atoms with E-state index in [1.54, 1.807) is 48.7 Å². The van der Waals surface area contributed by atoms with Gasteiger partial charge in [0.2, 0.25) is 0 Å². The van der Waals surface area contributed by atoms with Crippen LogP contribution < -0.4 is 10.6 Å². The van der Waals surface area contributed by atoms with E-state index in [2.05, 4.69) is 29.5 Å². The summed E-state index contributed by atoms with van der Waals surface area (Å²) in [5.41, 5.74) is 1.91. The Morgan fingerprint density at radius 3 is 2.37 bits per heavy atom. The van der Waals surface area contributed by atoms with Crippen molar-refractivity contribution in [3.05, 3.63) is 83.8 Å². The molecule has 5 nitrogen and oxygen atoms in total. The third-order valence-electron chi connectivity index (χ3n) is 4.59. The highest BCUT2D eigenvalue weighted by Gasteiger charge is 2.13. The molecule has 3 aromatic rings. The Bertz CT molecular complexity index is 1020. The molecule has 0 unspecified atom stereocenters. The number of rotatable bonds is 7. The lowest BCUT2D eigenvalue weighted by Gasteiger charge is -2.10. The van der Waals surface area contributed by atoms with Crippen molar-refractivity contribution in [2.24, 2.45) is 5.92 Å². The van der Waals surface area contributed by atoms with Gasteiger partial charge in [-0.05, 0) is 54.3 Å². The van der Waals surface area contributed by atoms with Gasteiger partial charge in [-0.25, -0.2) is 9.37 Å². The quantitative estimate of drug-likeness (QED) is 0.586. The van der Waals surface area contributed by atoms with Crippen molar-refractivity contribution in [1.29, 1.82) is 0 Å². The number of carbonyl (C=O) groups is 2. The monoisotopic (exact) mass is 405 g/mol. The second-order valence-electron chi connectivity index (χ2n) is 7.39. The maximum Gasteiger partial charge on any atom is 0.256 e. The molecular weight excluding hydrogens is 381 g/mol. The van der Waals surface area contributed by atoms with Crippen LogP contribution >= 0.6 is 0 Å². The van der Waals surface area contributed by atoms with Crippen LogP contribution in [0.2, 0.25) is 0 Å². The summed E-state index contributed by atoms with van der Waals surface area (Å²) in [6.07, 6.45) is 2.40. The normalized spacial score (nSPS) is 10.7. The summed E-state index contributed by atoms with van der Waals surface area (Å²) in [6.45, 7) is 4.62. The van der Waals surface area contributed by atoms with Gasteiger partial charge in [-0.1, -0.05) is 38.1 Å². The Morgan fingerprint density at radius 1 is 0.967 bits per heavy atom. The SMILES string of the molecule is CC(C)CCNC(=O)c1cc(-c2ccc(NC(=O)c3ccccc3)nc2)ccc1F. The number of hydrogen-bond acceptors (Lipinski definition) is 3. The lowest BCUT2D eigenvalue weighted by molar-refractivity contribution is 0.0947. The molecule has 6 heteroatoms. The third-order valence-corrected chi connectivity index (χ3v) is 4.59. The van der Waals surface area contributed by atoms with E-state index in [9.17, 15) is 14.0 Å². The number of amides is 2. The van der Waals surface area contributed by atoms with E-state index >= 15 is 0 Å². The van der Waals surface area contributed by atoms with E-state index in [0.29, 0.717) is 35.0 Å². The number of anilines is 1. The van der Waals surface area contributed by atoms with Crippen LogP contribution in [0.25, 0.3) is 11.1 Å². The molecule has 2 N–H and O–H groups in total. The second-order valence-corrected chi connectivity index (χ2v) is 7.39. The van der Waals surface area contributed by atoms with Crippen molar-refractivity contribution in [1.82, 2.24) is 10.3 Å². The van der Waals surface area contributed by atoms with E-state index in [1.165, 1.54) is 12.1 Å². The van der Waals surface area contributed by atoms with Gasteiger partial charge in [-0.2, -0.15) is 0 Å². The first-order valence-electron chi connectivity index (χ1n) is 9.84. The number of aromatic nitrogens is 1. The molecule has 1 heterocycles. The van der Waals surface area contributed by atoms with Crippen LogP contribution in [0.15, 0.2) is 66.9 Å². The average molecular weight is 405 g/mol. The fourth-order valence-electron chi connectivity index (χ4n) is 2.87. The topological polar surface area (TPSA) is 71.1 Å². The first-order chi connectivity index (χ1) is 14.4. The van der Waals surface area contributed by atoms with Crippen molar-refractivity contribution < 1.29 is 14.0 Å². The van der Waals surface area contributed by atoms with Gasteiger partial charge in [0.05, 0.1) is 5.56 Å². The smallest absolute Gasteiger partial charge is 0.256 e. The molecule has 0 atom stereocenters. The first kappa shape index (κ1) is 21.2. The molecule has 0 aliphatic carbocycles. The molecule has 0 spiro atoms. The van der Waals surface area contributed by atoms with Gasteiger partial charge in [0, 0.05) is 23.9 Å².